The molecule has 0 aliphatic heterocycles. The van der Waals surface area contributed by atoms with Crippen LogP contribution in [0.5, 0.6) is 0 Å². The number of halogens is 2. The number of benzene rings is 1. The minimum Gasteiger partial charge on any atom is -0.392 e. The van der Waals surface area contributed by atoms with Crippen LogP contribution in [-0.2, 0) is 4.79 Å². The van der Waals surface area contributed by atoms with Gasteiger partial charge in [-0.1, -0.05) is 36.7 Å². The highest BCUT2D eigenvalue weighted by atomic mass is 79.9. The van der Waals surface area contributed by atoms with Crippen molar-refractivity contribution >= 4 is 56.3 Å². The summed E-state index contributed by atoms with van der Waals surface area (Å²) in [5.74, 6) is -0.125. The third kappa shape index (κ3) is 2.93. The molecule has 3 N–H and O–H groups in total. The fourth-order valence-electron chi connectivity index (χ4n) is 2.40. The Labute approximate surface area is 131 Å². The van der Waals surface area contributed by atoms with Crippen LogP contribution >= 0.6 is 39.7 Å². The molecule has 1 saturated carbocycles. The van der Waals surface area contributed by atoms with Crippen LogP contribution in [0.15, 0.2) is 22.7 Å². The van der Waals surface area contributed by atoms with Crippen molar-refractivity contribution < 1.29 is 4.79 Å². The fraction of sp³-hybridized carbons (Fsp3) is 0.385. The van der Waals surface area contributed by atoms with E-state index < -0.39 is 5.41 Å². The highest BCUT2D eigenvalue weighted by Crippen LogP contribution is 2.40. The second-order valence-electron chi connectivity index (χ2n) is 4.73. The van der Waals surface area contributed by atoms with E-state index in [1.807, 2.05) is 0 Å². The molecule has 3 nitrogen and oxygen atoms in total. The van der Waals surface area contributed by atoms with Gasteiger partial charge < -0.3 is 11.1 Å². The van der Waals surface area contributed by atoms with E-state index in [-0.39, 0.29) is 10.9 Å². The normalized spacial score (nSPS) is 17.2. The molecule has 0 unspecified atom stereocenters. The van der Waals surface area contributed by atoms with E-state index in [1.165, 1.54) is 0 Å². The fourth-order valence-corrected chi connectivity index (χ4v) is 3.48. The summed E-state index contributed by atoms with van der Waals surface area (Å²) in [5, 5.41) is 3.50. The van der Waals surface area contributed by atoms with Crippen molar-refractivity contribution in [1.82, 2.24) is 0 Å². The van der Waals surface area contributed by atoms with Gasteiger partial charge in [-0.25, -0.2) is 0 Å². The van der Waals surface area contributed by atoms with Gasteiger partial charge in [-0.3, -0.25) is 4.79 Å². The molecule has 1 aliphatic rings. The van der Waals surface area contributed by atoms with Crippen LogP contribution in [0.4, 0.5) is 5.69 Å². The molecule has 2 rings (SSSR count). The van der Waals surface area contributed by atoms with Crippen LogP contribution < -0.4 is 11.1 Å². The lowest BCUT2D eigenvalue weighted by atomic mass is 9.85. The average Bonchev–Trinajstić information content (AvgIpc) is 2.83. The van der Waals surface area contributed by atoms with Crippen LogP contribution in [0, 0.1) is 5.41 Å². The van der Waals surface area contributed by atoms with Crippen molar-refractivity contribution in [3.05, 3.63) is 27.7 Å². The molecule has 19 heavy (non-hydrogen) atoms. The maximum atomic E-state index is 12.5. The van der Waals surface area contributed by atoms with E-state index in [2.05, 4.69) is 21.2 Å². The highest BCUT2D eigenvalue weighted by molar-refractivity contribution is 9.10. The lowest BCUT2D eigenvalue weighted by molar-refractivity contribution is -0.122. The highest BCUT2D eigenvalue weighted by Gasteiger charge is 2.44. The van der Waals surface area contributed by atoms with Gasteiger partial charge in [0.1, 0.15) is 0 Å². The Bertz CT molecular complexity index is 529. The number of carbonyl (C=O) groups is 1. The zero-order valence-electron chi connectivity index (χ0n) is 10.2. The summed E-state index contributed by atoms with van der Waals surface area (Å²) in [7, 11) is 0. The molecule has 0 radical (unpaired) electrons. The first-order valence-electron chi connectivity index (χ1n) is 6.02. The molecule has 0 aromatic heterocycles. The van der Waals surface area contributed by atoms with Crippen LogP contribution in [0.2, 0.25) is 5.02 Å². The van der Waals surface area contributed by atoms with Crippen molar-refractivity contribution in [3.8, 4) is 0 Å². The Hall–Kier alpha value is -0.650. The first kappa shape index (κ1) is 14.8. The largest absolute Gasteiger partial charge is 0.392 e. The van der Waals surface area contributed by atoms with Crippen LogP contribution in [0.1, 0.15) is 25.7 Å². The van der Waals surface area contributed by atoms with Gasteiger partial charge in [0.15, 0.2) is 0 Å². The minimum absolute atomic E-state index is 0.125. The molecule has 1 fully saturated rings. The van der Waals surface area contributed by atoms with Crippen molar-refractivity contribution in [3.63, 3.8) is 0 Å². The molecule has 0 bridgehead atoms. The maximum Gasteiger partial charge on any atom is 0.237 e. The Morgan fingerprint density at radius 1 is 1.42 bits per heavy atom. The summed E-state index contributed by atoms with van der Waals surface area (Å²) in [6, 6.07) is 5.22. The zero-order valence-corrected chi connectivity index (χ0v) is 13.4. The van der Waals surface area contributed by atoms with Crippen molar-refractivity contribution in [2.24, 2.45) is 11.1 Å². The molecule has 6 heteroatoms. The van der Waals surface area contributed by atoms with Gasteiger partial charge in [0.25, 0.3) is 0 Å². The summed E-state index contributed by atoms with van der Waals surface area (Å²) in [6.45, 7) is 0. The molecule has 1 aliphatic carbocycles. The number of carbonyl (C=O) groups excluding carboxylic acids is 1. The number of nitrogens with two attached hydrogens (primary N) is 1. The number of hydrogen-bond acceptors (Lipinski definition) is 2. The van der Waals surface area contributed by atoms with Crippen LogP contribution in [0.3, 0.4) is 0 Å². The Morgan fingerprint density at radius 3 is 2.58 bits per heavy atom. The number of anilines is 1. The van der Waals surface area contributed by atoms with E-state index in [0.717, 1.165) is 30.2 Å². The summed E-state index contributed by atoms with van der Waals surface area (Å²) in [6.07, 6.45) is 3.40. The third-order valence-electron chi connectivity index (χ3n) is 3.54. The SMILES string of the molecule is NC(=S)C1(C(=O)Nc2ccc(Cl)cc2Br)CCCC1. The van der Waals surface area contributed by atoms with E-state index in [0.29, 0.717) is 10.7 Å². The molecule has 0 spiro atoms. The van der Waals surface area contributed by atoms with Crippen LogP contribution in [0.25, 0.3) is 0 Å². The third-order valence-corrected chi connectivity index (χ3v) is 4.82. The lowest BCUT2D eigenvalue weighted by Gasteiger charge is -2.26. The van der Waals surface area contributed by atoms with Gasteiger partial charge in [0, 0.05) is 9.50 Å². The molecule has 0 atom stereocenters. The summed E-state index contributed by atoms with van der Waals surface area (Å²) in [4.78, 5) is 12.8. The molecule has 1 amide bonds. The Kier molecular flexibility index (Phi) is 4.48. The molecule has 1 aromatic carbocycles. The second kappa shape index (κ2) is 5.77. The van der Waals surface area contributed by atoms with Gasteiger partial charge in [0.2, 0.25) is 5.91 Å². The monoisotopic (exact) mass is 360 g/mol. The maximum absolute atomic E-state index is 12.5. The molecule has 1 aromatic rings. The standard InChI is InChI=1S/C13H14BrClN2OS/c14-9-7-8(15)3-4-10(9)17-12(18)13(11(16)19)5-1-2-6-13/h3-4,7H,1-2,5-6H2,(H2,16,19)(H,17,18). The Balaban J connectivity index is 2.22. The van der Waals surface area contributed by atoms with Crippen molar-refractivity contribution in [2.45, 2.75) is 25.7 Å². The number of amides is 1. The van der Waals surface area contributed by atoms with Gasteiger partial charge >= 0.3 is 0 Å². The quantitative estimate of drug-likeness (QED) is 0.803. The summed E-state index contributed by atoms with van der Waals surface area (Å²) in [5.41, 5.74) is 5.76. The van der Waals surface area contributed by atoms with E-state index in [9.17, 15) is 4.79 Å². The molecule has 0 saturated heterocycles. The first-order valence-corrected chi connectivity index (χ1v) is 7.60. The average molecular weight is 362 g/mol. The number of thiocarbonyl (C=S) groups is 1. The molecular weight excluding hydrogens is 348 g/mol. The number of nitrogens with one attached hydrogen (secondary N) is 1. The van der Waals surface area contributed by atoms with Gasteiger partial charge in [-0.15, -0.1) is 0 Å². The van der Waals surface area contributed by atoms with Crippen LogP contribution in [-0.4, -0.2) is 10.9 Å². The van der Waals surface area contributed by atoms with Gasteiger partial charge in [-0.2, -0.15) is 0 Å². The smallest absolute Gasteiger partial charge is 0.237 e. The molecule has 102 valence electrons. The minimum atomic E-state index is -0.700. The predicted molar refractivity (Wildman–Crippen MR) is 85.5 cm³/mol. The van der Waals surface area contributed by atoms with Gasteiger partial charge in [0.05, 0.1) is 16.1 Å². The number of rotatable bonds is 3. The summed E-state index contributed by atoms with van der Waals surface area (Å²) < 4.78 is 0.740. The van der Waals surface area contributed by atoms with E-state index in [1.54, 1.807) is 18.2 Å². The Morgan fingerprint density at radius 2 is 2.05 bits per heavy atom. The second-order valence-corrected chi connectivity index (χ2v) is 6.46. The van der Waals surface area contributed by atoms with Gasteiger partial charge in [-0.05, 0) is 47.0 Å². The lowest BCUT2D eigenvalue weighted by Crippen LogP contribution is -2.44. The van der Waals surface area contributed by atoms with Crippen molar-refractivity contribution in [2.75, 3.05) is 5.32 Å². The number of hydrogen-bond donors (Lipinski definition) is 2. The topological polar surface area (TPSA) is 55.1 Å². The zero-order chi connectivity index (χ0) is 14.0. The summed E-state index contributed by atoms with van der Waals surface area (Å²) >= 11 is 14.3. The van der Waals surface area contributed by atoms with Crippen molar-refractivity contribution in [1.29, 1.82) is 0 Å². The molecule has 0 heterocycles. The predicted octanol–water partition coefficient (Wildman–Crippen LogP) is 3.89. The first-order chi connectivity index (χ1) is 8.95. The van der Waals surface area contributed by atoms with E-state index >= 15 is 0 Å². The van der Waals surface area contributed by atoms with E-state index in [4.69, 9.17) is 29.6 Å². The molecular formula is C13H14BrClN2OS.